The average Bonchev–Trinajstić information content (AvgIpc) is 2.25. The molecule has 0 radical (unpaired) electrons. The summed E-state index contributed by atoms with van der Waals surface area (Å²) < 4.78 is 13.0. The lowest BCUT2D eigenvalue weighted by Crippen LogP contribution is -1.96. The fourth-order valence-corrected chi connectivity index (χ4v) is 1.77. The number of halogens is 2. The zero-order valence-corrected chi connectivity index (χ0v) is 10.1. The molecular weight excluding hydrogens is 239 g/mol. The second kappa shape index (κ2) is 4.63. The third-order valence-electron chi connectivity index (χ3n) is 2.35. The number of nitrogen functional groups attached to an aromatic ring is 1. The summed E-state index contributed by atoms with van der Waals surface area (Å²) in [6.45, 7) is 1.92. The maximum atomic E-state index is 13.0. The Labute approximate surface area is 104 Å². The van der Waals surface area contributed by atoms with E-state index >= 15 is 0 Å². The molecule has 0 bridgehead atoms. The van der Waals surface area contributed by atoms with E-state index in [0.717, 1.165) is 5.56 Å². The Hall–Kier alpha value is -1.74. The maximum absolute atomic E-state index is 13.0. The van der Waals surface area contributed by atoms with Gasteiger partial charge in [-0.05, 0) is 42.8 Å². The fourth-order valence-electron chi connectivity index (χ4n) is 1.61. The summed E-state index contributed by atoms with van der Waals surface area (Å²) in [5, 5.41) is 3.49. The van der Waals surface area contributed by atoms with Crippen LogP contribution in [0.1, 0.15) is 5.56 Å². The molecule has 2 aromatic carbocycles. The molecule has 0 unspecified atom stereocenters. The number of nitrogens with two attached hydrogens (primary N) is 1. The Morgan fingerprint density at radius 3 is 2.71 bits per heavy atom. The van der Waals surface area contributed by atoms with Gasteiger partial charge >= 0.3 is 0 Å². The highest BCUT2D eigenvalue weighted by Gasteiger charge is 2.06. The molecule has 88 valence electrons. The van der Waals surface area contributed by atoms with Gasteiger partial charge in [-0.2, -0.15) is 0 Å². The molecular formula is C13H12ClFN2. The standard InChI is InChI=1S/C13H12ClFN2/c1-8-5-11(16)13(14)12(6-8)17-10-4-2-3-9(15)7-10/h2-7,17H,16H2,1H3. The van der Waals surface area contributed by atoms with Gasteiger partial charge in [0.15, 0.2) is 0 Å². The molecule has 17 heavy (non-hydrogen) atoms. The van der Waals surface area contributed by atoms with Crippen LogP contribution in [0.4, 0.5) is 21.5 Å². The van der Waals surface area contributed by atoms with Crippen molar-refractivity contribution >= 4 is 28.7 Å². The van der Waals surface area contributed by atoms with Crippen molar-refractivity contribution in [1.82, 2.24) is 0 Å². The van der Waals surface area contributed by atoms with Crippen LogP contribution in [0.5, 0.6) is 0 Å². The van der Waals surface area contributed by atoms with Gasteiger partial charge in [-0.15, -0.1) is 0 Å². The van der Waals surface area contributed by atoms with Crippen LogP contribution in [0.2, 0.25) is 5.02 Å². The fraction of sp³-hybridized carbons (Fsp3) is 0.0769. The molecule has 0 amide bonds. The lowest BCUT2D eigenvalue weighted by atomic mass is 10.2. The minimum absolute atomic E-state index is 0.299. The summed E-state index contributed by atoms with van der Waals surface area (Å²) in [5.74, 6) is -0.299. The van der Waals surface area contributed by atoms with Crippen molar-refractivity contribution in [3.05, 3.63) is 52.8 Å². The molecule has 0 saturated heterocycles. The molecule has 0 spiro atoms. The van der Waals surface area contributed by atoms with Crippen molar-refractivity contribution in [1.29, 1.82) is 0 Å². The molecule has 0 heterocycles. The van der Waals surface area contributed by atoms with Crippen molar-refractivity contribution in [2.24, 2.45) is 0 Å². The molecule has 2 aromatic rings. The van der Waals surface area contributed by atoms with E-state index in [0.29, 0.717) is 22.1 Å². The van der Waals surface area contributed by atoms with E-state index in [1.165, 1.54) is 12.1 Å². The summed E-state index contributed by atoms with van der Waals surface area (Å²) in [5.41, 5.74) is 8.57. The van der Waals surface area contributed by atoms with Crippen LogP contribution in [-0.4, -0.2) is 0 Å². The van der Waals surface area contributed by atoms with Gasteiger partial charge in [0.25, 0.3) is 0 Å². The second-order valence-electron chi connectivity index (χ2n) is 3.85. The van der Waals surface area contributed by atoms with Gasteiger partial charge in [-0.3, -0.25) is 0 Å². The zero-order chi connectivity index (χ0) is 12.4. The molecule has 0 fully saturated rings. The number of hydrogen-bond donors (Lipinski definition) is 2. The van der Waals surface area contributed by atoms with Crippen LogP contribution in [0.15, 0.2) is 36.4 Å². The zero-order valence-electron chi connectivity index (χ0n) is 9.30. The van der Waals surface area contributed by atoms with Crippen molar-refractivity contribution in [2.75, 3.05) is 11.1 Å². The maximum Gasteiger partial charge on any atom is 0.125 e. The predicted octanol–water partition coefficient (Wildman–Crippen LogP) is 4.11. The summed E-state index contributed by atoms with van der Waals surface area (Å²) in [7, 11) is 0. The smallest absolute Gasteiger partial charge is 0.125 e. The lowest BCUT2D eigenvalue weighted by molar-refractivity contribution is 0.628. The van der Waals surface area contributed by atoms with Gasteiger partial charge in [0.2, 0.25) is 0 Å². The Morgan fingerprint density at radius 1 is 1.24 bits per heavy atom. The molecule has 0 aliphatic heterocycles. The van der Waals surface area contributed by atoms with E-state index in [1.54, 1.807) is 18.2 Å². The van der Waals surface area contributed by atoms with E-state index in [1.807, 2.05) is 13.0 Å². The summed E-state index contributed by atoms with van der Waals surface area (Å²) >= 11 is 6.07. The second-order valence-corrected chi connectivity index (χ2v) is 4.23. The van der Waals surface area contributed by atoms with Gasteiger partial charge < -0.3 is 11.1 Å². The van der Waals surface area contributed by atoms with Crippen LogP contribution in [0, 0.1) is 12.7 Å². The van der Waals surface area contributed by atoms with E-state index < -0.39 is 0 Å². The highest BCUT2D eigenvalue weighted by atomic mass is 35.5. The minimum atomic E-state index is -0.299. The Balaban J connectivity index is 2.36. The molecule has 3 N–H and O–H groups in total. The van der Waals surface area contributed by atoms with Gasteiger partial charge in [-0.25, -0.2) is 4.39 Å². The SMILES string of the molecule is Cc1cc(N)c(Cl)c(Nc2cccc(F)c2)c1. The molecule has 0 saturated carbocycles. The Kier molecular flexibility index (Phi) is 3.20. The number of nitrogens with one attached hydrogen (secondary N) is 1. The average molecular weight is 251 g/mol. The molecule has 0 aromatic heterocycles. The first-order valence-corrected chi connectivity index (χ1v) is 5.52. The molecule has 4 heteroatoms. The normalized spacial score (nSPS) is 10.3. The quantitative estimate of drug-likeness (QED) is 0.787. The number of aryl methyl sites for hydroxylation is 1. The van der Waals surface area contributed by atoms with Crippen LogP contribution >= 0.6 is 11.6 Å². The third kappa shape index (κ3) is 2.68. The van der Waals surface area contributed by atoms with Crippen molar-refractivity contribution < 1.29 is 4.39 Å². The monoisotopic (exact) mass is 250 g/mol. The van der Waals surface area contributed by atoms with Gasteiger partial charge in [0.05, 0.1) is 16.4 Å². The number of hydrogen-bond acceptors (Lipinski definition) is 2. The van der Waals surface area contributed by atoms with Gasteiger partial charge in [0, 0.05) is 5.69 Å². The highest BCUT2D eigenvalue weighted by Crippen LogP contribution is 2.31. The molecule has 2 rings (SSSR count). The lowest BCUT2D eigenvalue weighted by Gasteiger charge is -2.11. The number of benzene rings is 2. The summed E-state index contributed by atoms with van der Waals surface area (Å²) in [6.07, 6.45) is 0. The van der Waals surface area contributed by atoms with Gasteiger partial charge in [-0.1, -0.05) is 17.7 Å². The van der Waals surface area contributed by atoms with Crippen LogP contribution < -0.4 is 11.1 Å². The van der Waals surface area contributed by atoms with Crippen molar-refractivity contribution in [3.63, 3.8) is 0 Å². The topological polar surface area (TPSA) is 38.0 Å². The molecule has 0 aliphatic carbocycles. The first-order valence-electron chi connectivity index (χ1n) is 5.14. The predicted molar refractivity (Wildman–Crippen MR) is 70.3 cm³/mol. The number of anilines is 3. The van der Waals surface area contributed by atoms with Crippen molar-refractivity contribution in [3.8, 4) is 0 Å². The van der Waals surface area contributed by atoms with E-state index in [9.17, 15) is 4.39 Å². The van der Waals surface area contributed by atoms with Crippen LogP contribution in [0.3, 0.4) is 0 Å². The number of rotatable bonds is 2. The third-order valence-corrected chi connectivity index (χ3v) is 2.77. The van der Waals surface area contributed by atoms with Crippen molar-refractivity contribution in [2.45, 2.75) is 6.92 Å². The minimum Gasteiger partial charge on any atom is -0.397 e. The largest absolute Gasteiger partial charge is 0.397 e. The summed E-state index contributed by atoms with van der Waals surface area (Å²) in [4.78, 5) is 0. The van der Waals surface area contributed by atoms with E-state index in [-0.39, 0.29) is 5.82 Å². The summed E-state index contributed by atoms with van der Waals surface area (Å²) in [6, 6.07) is 9.83. The first kappa shape index (κ1) is 11.7. The highest BCUT2D eigenvalue weighted by molar-refractivity contribution is 6.35. The Bertz CT molecular complexity index is 555. The molecule has 0 aliphatic rings. The molecule has 0 atom stereocenters. The molecule has 2 nitrogen and oxygen atoms in total. The Morgan fingerprint density at radius 2 is 2.00 bits per heavy atom. The van der Waals surface area contributed by atoms with E-state index in [2.05, 4.69) is 5.32 Å². The van der Waals surface area contributed by atoms with Gasteiger partial charge in [0.1, 0.15) is 5.82 Å². The first-order chi connectivity index (χ1) is 8.06. The van der Waals surface area contributed by atoms with E-state index in [4.69, 9.17) is 17.3 Å². The van der Waals surface area contributed by atoms with Crippen LogP contribution in [0.25, 0.3) is 0 Å². The van der Waals surface area contributed by atoms with Crippen LogP contribution in [-0.2, 0) is 0 Å².